The van der Waals surface area contributed by atoms with Crippen molar-refractivity contribution >= 4 is 5.78 Å². The number of hydrogen-bond donors (Lipinski definition) is 0. The molecule has 2 saturated carbocycles. The van der Waals surface area contributed by atoms with E-state index in [4.69, 9.17) is 0 Å². The maximum absolute atomic E-state index is 11.9. The predicted octanol–water partition coefficient (Wildman–Crippen LogP) is 3.10. The summed E-state index contributed by atoms with van der Waals surface area (Å²) in [6.45, 7) is 1.82. The van der Waals surface area contributed by atoms with Gasteiger partial charge in [-0.05, 0) is 50.9 Å². The van der Waals surface area contributed by atoms with Crippen LogP contribution in [-0.2, 0) is 4.79 Å². The minimum absolute atomic E-state index is 0.0942. The first-order valence-corrected chi connectivity index (χ1v) is 5.95. The van der Waals surface area contributed by atoms with Crippen molar-refractivity contribution in [2.24, 2.45) is 17.3 Å². The molecule has 3 aliphatic rings. The van der Waals surface area contributed by atoms with Gasteiger partial charge in [0.2, 0.25) is 0 Å². The molecule has 0 radical (unpaired) electrons. The maximum Gasteiger partial charge on any atom is 0.136 e. The molecule has 1 heteroatoms. The number of fused-ring (bicyclic) bond motifs is 3. The third-order valence-corrected chi connectivity index (χ3v) is 4.86. The highest BCUT2D eigenvalue weighted by molar-refractivity contribution is 5.84. The molecule has 3 aliphatic carbocycles. The predicted molar refractivity (Wildman–Crippen MR) is 55.9 cm³/mol. The van der Waals surface area contributed by atoms with E-state index in [-0.39, 0.29) is 5.41 Å². The highest BCUT2D eigenvalue weighted by atomic mass is 16.1. The van der Waals surface area contributed by atoms with Gasteiger partial charge in [-0.25, -0.2) is 0 Å². The monoisotopic (exact) mass is 190 g/mol. The van der Waals surface area contributed by atoms with Crippen molar-refractivity contribution in [3.05, 3.63) is 11.6 Å². The van der Waals surface area contributed by atoms with Gasteiger partial charge in [0.15, 0.2) is 0 Å². The molecule has 76 valence electrons. The molecule has 1 nitrogen and oxygen atoms in total. The van der Waals surface area contributed by atoms with Crippen molar-refractivity contribution in [2.45, 2.75) is 45.4 Å². The molecule has 0 bridgehead atoms. The van der Waals surface area contributed by atoms with E-state index in [1.54, 1.807) is 5.57 Å². The Kier molecular flexibility index (Phi) is 1.68. The van der Waals surface area contributed by atoms with Crippen LogP contribution in [0.2, 0.25) is 0 Å². The summed E-state index contributed by atoms with van der Waals surface area (Å²) in [6, 6.07) is 0. The Labute approximate surface area is 85.6 Å². The molecule has 3 rings (SSSR count). The molecule has 0 N–H and O–H groups in total. The molecule has 0 saturated heterocycles. The minimum Gasteiger partial charge on any atom is -0.299 e. The van der Waals surface area contributed by atoms with Gasteiger partial charge in [-0.2, -0.15) is 0 Å². The Morgan fingerprint density at radius 3 is 3.14 bits per heavy atom. The molecule has 0 heterocycles. The number of Topliss-reactive ketones (excluding diaryl/α,β-unsaturated/α-hetero) is 1. The summed E-state index contributed by atoms with van der Waals surface area (Å²) in [7, 11) is 0. The molecular formula is C13H18O. The van der Waals surface area contributed by atoms with E-state index in [1.807, 2.05) is 6.92 Å². The maximum atomic E-state index is 11.9. The van der Waals surface area contributed by atoms with Crippen molar-refractivity contribution in [3.63, 3.8) is 0 Å². The fraction of sp³-hybridized carbons (Fsp3) is 0.769. The Balaban J connectivity index is 2.03. The largest absolute Gasteiger partial charge is 0.299 e. The van der Waals surface area contributed by atoms with Gasteiger partial charge in [0, 0.05) is 5.41 Å². The third-order valence-electron chi connectivity index (χ3n) is 4.86. The number of ketones is 1. The molecule has 0 amide bonds. The fourth-order valence-electron chi connectivity index (χ4n) is 4.24. The van der Waals surface area contributed by atoms with Gasteiger partial charge < -0.3 is 0 Å². The lowest BCUT2D eigenvalue weighted by Gasteiger charge is -2.26. The smallest absolute Gasteiger partial charge is 0.136 e. The summed E-state index contributed by atoms with van der Waals surface area (Å²) in [6.07, 6.45) is 9.92. The van der Waals surface area contributed by atoms with Crippen LogP contribution in [0.1, 0.15) is 45.4 Å². The molecule has 0 spiro atoms. The Hall–Kier alpha value is -0.590. The molecule has 1 unspecified atom stereocenters. The van der Waals surface area contributed by atoms with Gasteiger partial charge in [-0.1, -0.05) is 18.1 Å². The number of allylic oxidation sites excluding steroid dienone is 2. The number of rotatable bonds is 1. The second kappa shape index (κ2) is 2.71. The number of carbonyl (C=O) groups excluding carboxylic acids is 1. The van der Waals surface area contributed by atoms with E-state index < -0.39 is 0 Å². The Morgan fingerprint density at radius 2 is 2.36 bits per heavy atom. The molecule has 14 heavy (non-hydrogen) atoms. The van der Waals surface area contributed by atoms with E-state index in [0.717, 1.165) is 5.92 Å². The standard InChI is InChI=1S/C13H18O/c1-9(14)13-7-3-6-12(13)11-5-2-4-10(11)8-13/h5,10,12H,2-4,6-8H2,1H3/t10?,12-,13+/m1/s1. The van der Waals surface area contributed by atoms with Gasteiger partial charge in [0.05, 0.1) is 0 Å². The summed E-state index contributed by atoms with van der Waals surface area (Å²) in [4.78, 5) is 11.9. The number of hydrogen-bond acceptors (Lipinski definition) is 1. The second-order valence-corrected chi connectivity index (χ2v) is 5.34. The summed E-state index contributed by atoms with van der Waals surface area (Å²) >= 11 is 0. The van der Waals surface area contributed by atoms with Gasteiger partial charge in [0.25, 0.3) is 0 Å². The zero-order valence-electron chi connectivity index (χ0n) is 8.88. The van der Waals surface area contributed by atoms with Crippen LogP contribution >= 0.6 is 0 Å². The minimum atomic E-state index is 0.0942. The van der Waals surface area contributed by atoms with Crippen molar-refractivity contribution in [1.82, 2.24) is 0 Å². The highest BCUT2D eigenvalue weighted by Gasteiger charge is 2.55. The average Bonchev–Trinajstić information content (AvgIpc) is 2.71. The van der Waals surface area contributed by atoms with Crippen LogP contribution in [0.15, 0.2) is 11.6 Å². The summed E-state index contributed by atoms with van der Waals surface area (Å²) in [5.74, 6) is 1.90. The normalized spacial score (nSPS) is 44.8. The lowest BCUT2D eigenvalue weighted by molar-refractivity contribution is -0.127. The van der Waals surface area contributed by atoms with Gasteiger partial charge in [0.1, 0.15) is 5.78 Å². The third kappa shape index (κ3) is 0.884. The zero-order valence-corrected chi connectivity index (χ0v) is 8.88. The summed E-state index contributed by atoms with van der Waals surface area (Å²) < 4.78 is 0. The molecule has 0 aliphatic heterocycles. The van der Waals surface area contributed by atoms with Crippen molar-refractivity contribution in [3.8, 4) is 0 Å². The Bertz CT molecular complexity index is 315. The summed E-state index contributed by atoms with van der Waals surface area (Å²) in [5.41, 5.74) is 1.76. The van der Waals surface area contributed by atoms with E-state index in [1.165, 1.54) is 38.5 Å². The first-order chi connectivity index (χ1) is 6.74. The van der Waals surface area contributed by atoms with Gasteiger partial charge >= 0.3 is 0 Å². The van der Waals surface area contributed by atoms with Gasteiger partial charge in [-0.15, -0.1) is 0 Å². The van der Waals surface area contributed by atoms with Crippen LogP contribution in [0.4, 0.5) is 0 Å². The van der Waals surface area contributed by atoms with Crippen molar-refractivity contribution in [2.75, 3.05) is 0 Å². The average molecular weight is 190 g/mol. The molecule has 0 aromatic carbocycles. The van der Waals surface area contributed by atoms with Crippen molar-refractivity contribution in [1.29, 1.82) is 0 Å². The zero-order chi connectivity index (χ0) is 9.76. The van der Waals surface area contributed by atoms with Crippen LogP contribution in [0.25, 0.3) is 0 Å². The van der Waals surface area contributed by atoms with E-state index >= 15 is 0 Å². The van der Waals surface area contributed by atoms with Gasteiger partial charge in [-0.3, -0.25) is 4.79 Å². The topological polar surface area (TPSA) is 17.1 Å². The summed E-state index contributed by atoms with van der Waals surface area (Å²) in [5, 5.41) is 0. The molecule has 2 fully saturated rings. The van der Waals surface area contributed by atoms with Crippen LogP contribution in [-0.4, -0.2) is 5.78 Å². The van der Waals surface area contributed by atoms with Crippen LogP contribution in [0.3, 0.4) is 0 Å². The number of carbonyl (C=O) groups is 1. The Morgan fingerprint density at radius 1 is 1.50 bits per heavy atom. The van der Waals surface area contributed by atoms with E-state index in [0.29, 0.717) is 11.7 Å². The molecule has 0 aromatic rings. The van der Waals surface area contributed by atoms with Crippen LogP contribution < -0.4 is 0 Å². The lowest BCUT2D eigenvalue weighted by Crippen LogP contribution is -2.29. The molecular weight excluding hydrogens is 172 g/mol. The highest BCUT2D eigenvalue weighted by Crippen LogP contribution is 2.61. The van der Waals surface area contributed by atoms with Crippen LogP contribution in [0.5, 0.6) is 0 Å². The SMILES string of the molecule is CC(=O)[C@@]12CCC[C@@H]1C1=CCCC1C2. The van der Waals surface area contributed by atoms with E-state index in [9.17, 15) is 4.79 Å². The molecule has 0 aromatic heterocycles. The van der Waals surface area contributed by atoms with Crippen molar-refractivity contribution < 1.29 is 4.79 Å². The second-order valence-electron chi connectivity index (χ2n) is 5.34. The first kappa shape index (κ1) is 8.70. The first-order valence-electron chi connectivity index (χ1n) is 5.95. The van der Waals surface area contributed by atoms with E-state index in [2.05, 4.69) is 6.08 Å². The quantitative estimate of drug-likeness (QED) is 0.581. The molecule has 3 atom stereocenters. The fourth-order valence-corrected chi connectivity index (χ4v) is 4.24. The van der Waals surface area contributed by atoms with Crippen LogP contribution in [0, 0.1) is 17.3 Å². The lowest BCUT2D eigenvalue weighted by atomic mass is 9.76.